The SMILES string of the molecule is O=C(O)c1ccc2nc(Cc3ccc(-c4cccc(OCc5ccc(Cl)cc5F)n4)cc3)n(C[C@H]3CCCO3)c2c1. The first-order chi connectivity index (χ1) is 19.9. The van der Waals surface area contributed by atoms with Crippen molar-refractivity contribution < 1.29 is 23.8 Å². The van der Waals surface area contributed by atoms with Gasteiger partial charge in [0.25, 0.3) is 0 Å². The second-order valence-corrected chi connectivity index (χ2v) is 10.5. The Bertz CT molecular complexity index is 1710. The molecule has 0 unspecified atom stereocenters. The molecule has 1 aliphatic rings. The Balaban J connectivity index is 1.21. The summed E-state index contributed by atoms with van der Waals surface area (Å²) in [5.74, 6) is -0.136. The highest BCUT2D eigenvalue weighted by atomic mass is 35.5. The van der Waals surface area contributed by atoms with Crippen LogP contribution in [0.4, 0.5) is 4.39 Å². The molecule has 1 atom stereocenters. The number of hydrogen-bond acceptors (Lipinski definition) is 5. The predicted octanol–water partition coefficient (Wildman–Crippen LogP) is 6.94. The minimum absolute atomic E-state index is 0.0409. The molecule has 41 heavy (non-hydrogen) atoms. The third-order valence-electron chi connectivity index (χ3n) is 7.21. The maximum atomic E-state index is 14.1. The zero-order chi connectivity index (χ0) is 28.3. The standard InChI is InChI=1S/C32H27ClFN3O4/c33-24-12-10-23(26(34)17-24)19-41-31-5-1-4-27(36-31)21-8-6-20(7-9-21)15-30-35-28-13-11-22(32(38)39)16-29(28)37(30)18-25-3-2-14-40-25/h1,4-13,16-17,25H,2-3,14-15,18-19H2,(H,38,39)/t25-/m1/s1. The molecule has 2 aromatic heterocycles. The van der Waals surface area contributed by atoms with E-state index in [1.807, 2.05) is 36.4 Å². The second-order valence-electron chi connectivity index (χ2n) is 10.0. The fraction of sp³-hybridized carbons (Fsp3) is 0.219. The fourth-order valence-electron chi connectivity index (χ4n) is 5.06. The van der Waals surface area contributed by atoms with Crippen LogP contribution in [-0.2, 0) is 24.3 Å². The van der Waals surface area contributed by atoms with Crippen molar-refractivity contribution in [2.75, 3.05) is 6.61 Å². The maximum absolute atomic E-state index is 14.1. The molecule has 0 amide bonds. The summed E-state index contributed by atoms with van der Waals surface area (Å²) in [6, 6.07) is 23.1. The van der Waals surface area contributed by atoms with Gasteiger partial charge in [0.15, 0.2) is 0 Å². The van der Waals surface area contributed by atoms with Crippen LogP contribution in [0.15, 0.2) is 78.9 Å². The van der Waals surface area contributed by atoms with Crippen molar-refractivity contribution in [3.8, 4) is 17.1 Å². The van der Waals surface area contributed by atoms with E-state index in [1.165, 1.54) is 6.07 Å². The number of aromatic carboxylic acids is 1. The molecule has 208 valence electrons. The van der Waals surface area contributed by atoms with E-state index in [4.69, 9.17) is 26.1 Å². The van der Waals surface area contributed by atoms with E-state index in [9.17, 15) is 14.3 Å². The van der Waals surface area contributed by atoms with Gasteiger partial charge in [-0.1, -0.05) is 48.0 Å². The summed E-state index contributed by atoms with van der Waals surface area (Å²) in [5, 5.41) is 9.85. The number of hydrogen-bond donors (Lipinski definition) is 1. The zero-order valence-corrected chi connectivity index (χ0v) is 22.9. The molecule has 1 N–H and O–H groups in total. The van der Waals surface area contributed by atoms with Gasteiger partial charge in [0.05, 0.1) is 34.9 Å². The number of halogens is 2. The molecule has 1 aliphatic heterocycles. The van der Waals surface area contributed by atoms with Gasteiger partial charge in [-0.3, -0.25) is 0 Å². The number of aromatic nitrogens is 3. The lowest BCUT2D eigenvalue weighted by Gasteiger charge is -2.14. The molecule has 3 heterocycles. The van der Waals surface area contributed by atoms with Gasteiger partial charge in [0, 0.05) is 35.2 Å². The highest BCUT2D eigenvalue weighted by molar-refractivity contribution is 6.30. The summed E-state index contributed by atoms with van der Waals surface area (Å²) in [7, 11) is 0. The highest BCUT2D eigenvalue weighted by Gasteiger charge is 2.21. The molecule has 0 bridgehead atoms. The number of carboxylic acids is 1. The second kappa shape index (κ2) is 11.7. The fourth-order valence-corrected chi connectivity index (χ4v) is 5.22. The Morgan fingerprint density at radius 1 is 1.07 bits per heavy atom. The van der Waals surface area contributed by atoms with Crippen molar-refractivity contribution in [3.63, 3.8) is 0 Å². The van der Waals surface area contributed by atoms with Gasteiger partial charge in [0.2, 0.25) is 5.88 Å². The number of fused-ring (bicyclic) bond motifs is 1. The van der Waals surface area contributed by atoms with E-state index in [1.54, 1.807) is 36.4 Å². The van der Waals surface area contributed by atoms with Crippen molar-refractivity contribution in [1.29, 1.82) is 0 Å². The van der Waals surface area contributed by atoms with Crippen molar-refractivity contribution in [1.82, 2.24) is 14.5 Å². The third kappa shape index (κ3) is 6.09. The van der Waals surface area contributed by atoms with Gasteiger partial charge in [-0.15, -0.1) is 0 Å². The molecule has 0 radical (unpaired) electrons. The Morgan fingerprint density at radius 3 is 2.68 bits per heavy atom. The molecule has 5 aromatic rings. The molecule has 6 rings (SSSR count). The van der Waals surface area contributed by atoms with Crippen molar-refractivity contribution in [3.05, 3.63) is 112 Å². The van der Waals surface area contributed by atoms with Crippen LogP contribution in [0.1, 0.15) is 40.2 Å². The van der Waals surface area contributed by atoms with Crippen molar-refractivity contribution >= 4 is 28.6 Å². The van der Waals surface area contributed by atoms with Crippen LogP contribution < -0.4 is 4.74 Å². The number of ether oxygens (including phenoxy) is 2. The van der Waals surface area contributed by atoms with E-state index in [-0.39, 0.29) is 18.3 Å². The summed E-state index contributed by atoms with van der Waals surface area (Å²) < 4.78 is 27.8. The van der Waals surface area contributed by atoms with E-state index < -0.39 is 11.8 Å². The quantitative estimate of drug-likeness (QED) is 0.206. The number of pyridine rings is 1. The lowest BCUT2D eigenvalue weighted by molar-refractivity contribution is 0.0697. The first-order valence-electron chi connectivity index (χ1n) is 13.4. The smallest absolute Gasteiger partial charge is 0.335 e. The van der Waals surface area contributed by atoms with Gasteiger partial charge in [-0.25, -0.2) is 19.2 Å². The van der Waals surface area contributed by atoms with Crippen LogP contribution in [0, 0.1) is 5.82 Å². The number of imidazole rings is 1. The van der Waals surface area contributed by atoms with Gasteiger partial charge in [-0.2, -0.15) is 0 Å². The number of rotatable bonds is 9. The number of carboxylic acid groups (broad SMARTS) is 1. The average molecular weight is 572 g/mol. The summed E-state index contributed by atoms with van der Waals surface area (Å²) >= 11 is 5.83. The first kappa shape index (κ1) is 26.9. The predicted molar refractivity (Wildman–Crippen MR) is 154 cm³/mol. The molecular formula is C32H27ClFN3O4. The molecule has 9 heteroatoms. The Labute approximate surface area is 241 Å². The largest absolute Gasteiger partial charge is 0.478 e. The molecule has 7 nitrogen and oxygen atoms in total. The molecule has 0 spiro atoms. The van der Waals surface area contributed by atoms with Gasteiger partial charge < -0.3 is 19.1 Å². The van der Waals surface area contributed by atoms with Crippen LogP contribution in [0.5, 0.6) is 5.88 Å². The Morgan fingerprint density at radius 2 is 1.93 bits per heavy atom. The van der Waals surface area contributed by atoms with Gasteiger partial charge >= 0.3 is 5.97 Å². The highest BCUT2D eigenvalue weighted by Crippen LogP contribution is 2.26. The lowest BCUT2D eigenvalue weighted by atomic mass is 10.1. The Hall–Kier alpha value is -4.27. The normalized spacial score (nSPS) is 14.9. The molecule has 1 saturated heterocycles. The summed E-state index contributed by atoms with van der Waals surface area (Å²) in [5.41, 5.74) is 4.90. The third-order valence-corrected chi connectivity index (χ3v) is 7.45. The molecule has 0 saturated carbocycles. The minimum Gasteiger partial charge on any atom is -0.478 e. The lowest BCUT2D eigenvalue weighted by Crippen LogP contribution is -2.17. The average Bonchev–Trinajstić information content (AvgIpc) is 3.61. The van der Waals surface area contributed by atoms with E-state index in [0.717, 1.165) is 53.1 Å². The van der Waals surface area contributed by atoms with Crippen LogP contribution in [0.2, 0.25) is 5.02 Å². The van der Waals surface area contributed by atoms with Crippen molar-refractivity contribution in [2.45, 2.75) is 38.5 Å². The van der Waals surface area contributed by atoms with Crippen LogP contribution in [0.25, 0.3) is 22.3 Å². The van der Waals surface area contributed by atoms with E-state index in [0.29, 0.717) is 29.4 Å². The summed E-state index contributed by atoms with van der Waals surface area (Å²) in [6.45, 7) is 1.41. The number of carbonyl (C=O) groups is 1. The van der Waals surface area contributed by atoms with E-state index in [2.05, 4.69) is 9.55 Å². The minimum atomic E-state index is -0.964. The monoisotopic (exact) mass is 571 g/mol. The summed E-state index contributed by atoms with van der Waals surface area (Å²) in [4.78, 5) is 21.1. The van der Waals surface area contributed by atoms with Crippen LogP contribution in [-0.4, -0.2) is 38.3 Å². The molecule has 3 aromatic carbocycles. The van der Waals surface area contributed by atoms with E-state index >= 15 is 0 Å². The summed E-state index contributed by atoms with van der Waals surface area (Å²) in [6.07, 6.45) is 2.65. The van der Waals surface area contributed by atoms with Crippen LogP contribution >= 0.6 is 11.6 Å². The number of nitrogens with zero attached hydrogens (tertiary/aromatic N) is 3. The topological polar surface area (TPSA) is 86.5 Å². The zero-order valence-electron chi connectivity index (χ0n) is 22.1. The Kier molecular flexibility index (Phi) is 7.67. The number of benzene rings is 3. The molecule has 1 fully saturated rings. The van der Waals surface area contributed by atoms with Crippen molar-refractivity contribution in [2.24, 2.45) is 0 Å². The van der Waals surface area contributed by atoms with Gasteiger partial charge in [-0.05, 0) is 54.8 Å². The maximum Gasteiger partial charge on any atom is 0.335 e. The molecule has 0 aliphatic carbocycles. The molecular weight excluding hydrogens is 545 g/mol. The first-order valence-corrected chi connectivity index (χ1v) is 13.8. The van der Waals surface area contributed by atoms with Crippen LogP contribution in [0.3, 0.4) is 0 Å². The van der Waals surface area contributed by atoms with Gasteiger partial charge in [0.1, 0.15) is 18.2 Å².